The predicted octanol–water partition coefficient (Wildman–Crippen LogP) is 3.88. The molecule has 1 aliphatic heterocycles. The number of carbonyl (C=O) groups excluding carboxylic acids is 1. The summed E-state index contributed by atoms with van der Waals surface area (Å²) in [5.41, 5.74) is 3.72. The summed E-state index contributed by atoms with van der Waals surface area (Å²) in [7, 11) is 4.02. The second-order valence-corrected chi connectivity index (χ2v) is 8.18. The maximum atomic E-state index is 10.2. The van der Waals surface area contributed by atoms with Gasteiger partial charge in [0.1, 0.15) is 5.75 Å². The molecule has 1 aliphatic rings. The molecule has 1 heterocycles. The Kier molecular flexibility index (Phi) is 14.4. The second kappa shape index (κ2) is 16.8. The van der Waals surface area contributed by atoms with Crippen molar-refractivity contribution in [3.63, 3.8) is 0 Å². The minimum absolute atomic E-state index is 0.137. The van der Waals surface area contributed by atoms with Crippen LogP contribution in [0.25, 0.3) is 0 Å². The zero-order chi connectivity index (χ0) is 24.5. The first-order chi connectivity index (χ1) is 15.9. The van der Waals surface area contributed by atoms with Gasteiger partial charge in [-0.05, 0) is 77.5 Å². The van der Waals surface area contributed by atoms with Gasteiger partial charge in [-0.2, -0.15) is 0 Å². The van der Waals surface area contributed by atoms with Crippen LogP contribution in [0.2, 0.25) is 0 Å². The zero-order valence-corrected chi connectivity index (χ0v) is 20.6. The molecular formula is C26H42N4O3. The fourth-order valence-electron chi connectivity index (χ4n) is 3.48. The highest BCUT2D eigenvalue weighted by molar-refractivity contribution is 5.57. The number of phenols is 1. The number of aliphatic hydroxyl groups excluding tert-OH is 1. The lowest BCUT2D eigenvalue weighted by Crippen LogP contribution is -2.36. The molecule has 184 valence electrons. The monoisotopic (exact) mass is 458 g/mol. The average Bonchev–Trinajstić information content (AvgIpc) is 2.81. The van der Waals surface area contributed by atoms with E-state index in [-0.39, 0.29) is 12.4 Å². The number of amides is 1. The molecule has 1 amide bonds. The molecule has 33 heavy (non-hydrogen) atoms. The van der Waals surface area contributed by atoms with Crippen LogP contribution in [0.3, 0.4) is 0 Å². The molecule has 0 saturated carbocycles. The van der Waals surface area contributed by atoms with Gasteiger partial charge in [-0.15, -0.1) is 0 Å². The summed E-state index contributed by atoms with van der Waals surface area (Å²) in [6.07, 6.45) is 14.0. The molecule has 0 aromatic heterocycles. The Labute approximate surface area is 199 Å². The van der Waals surface area contributed by atoms with Gasteiger partial charge in [-0.3, -0.25) is 4.79 Å². The van der Waals surface area contributed by atoms with Crippen LogP contribution in [0.15, 0.2) is 53.9 Å². The molecule has 0 atom stereocenters. The molecule has 1 saturated heterocycles. The van der Waals surface area contributed by atoms with Crippen molar-refractivity contribution in [3.8, 4) is 5.75 Å². The molecule has 7 nitrogen and oxygen atoms in total. The third-order valence-electron chi connectivity index (χ3n) is 5.63. The van der Waals surface area contributed by atoms with E-state index < -0.39 is 0 Å². The highest BCUT2D eigenvalue weighted by atomic mass is 16.3. The van der Waals surface area contributed by atoms with Gasteiger partial charge in [-0.25, -0.2) is 0 Å². The number of likely N-dealkylation sites (tertiary alicyclic amines) is 1. The van der Waals surface area contributed by atoms with Crippen molar-refractivity contribution in [2.24, 2.45) is 0 Å². The van der Waals surface area contributed by atoms with E-state index in [1.165, 1.54) is 5.57 Å². The van der Waals surface area contributed by atoms with Gasteiger partial charge in [0, 0.05) is 30.0 Å². The van der Waals surface area contributed by atoms with Crippen molar-refractivity contribution in [2.45, 2.75) is 58.6 Å². The summed E-state index contributed by atoms with van der Waals surface area (Å²) in [4.78, 5) is 12.5. The van der Waals surface area contributed by atoms with E-state index in [2.05, 4.69) is 47.0 Å². The predicted molar refractivity (Wildman–Crippen MR) is 137 cm³/mol. The first kappa shape index (κ1) is 28.3. The standard InChI is InChI=1S/C13H20N2O2.C13H22N2O/c1-15-7-5-10(6-8-15)14-12-3-2-4-13(17)11(12)9-16;1-4-13(7-5-6-10-14-3)9-8-12(2)15-11-16/h2-4,10,14,16-17H,5-9H2,1H3;6-8,10-11,14H,4-5,9H2,1-3H3,(H,15,16)/b;10-6-,12-8+,13-7+. The van der Waals surface area contributed by atoms with Crippen LogP contribution >= 0.6 is 0 Å². The van der Waals surface area contributed by atoms with Gasteiger partial charge in [0.25, 0.3) is 0 Å². The Morgan fingerprint density at radius 1 is 1.24 bits per heavy atom. The van der Waals surface area contributed by atoms with Crippen LogP contribution in [0, 0.1) is 0 Å². The molecule has 1 aromatic rings. The van der Waals surface area contributed by atoms with Gasteiger partial charge in [-0.1, -0.05) is 36.8 Å². The molecule has 0 unspecified atom stereocenters. The van der Waals surface area contributed by atoms with E-state index in [9.17, 15) is 15.0 Å². The lowest BCUT2D eigenvalue weighted by molar-refractivity contribution is -0.108. The number of allylic oxidation sites excluding steroid dienone is 5. The summed E-state index contributed by atoms with van der Waals surface area (Å²) in [5, 5.41) is 27.9. The van der Waals surface area contributed by atoms with Crippen LogP contribution in [0.4, 0.5) is 5.69 Å². The Hall–Kier alpha value is -2.77. The molecule has 1 aromatic carbocycles. The average molecular weight is 459 g/mol. The van der Waals surface area contributed by atoms with Gasteiger partial charge < -0.3 is 31.1 Å². The van der Waals surface area contributed by atoms with Crippen molar-refractivity contribution in [1.82, 2.24) is 15.5 Å². The number of nitrogens with one attached hydrogen (secondary N) is 3. The number of anilines is 1. The molecule has 2 rings (SSSR count). The van der Waals surface area contributed by atoms with Crippen LogP contribution in [-0.2, 0) is 11.4 Å². The number of aromatic hydroxyl groups is 1. The number of hydrogen-bond donors (Lipinski definition) is 5. The van der Waals surface area contributed by atoms with Crippen molar-refractivity contribution in [1.29, 1.82) is 0 Å². The highest BCUT2D eigenvalue weighted by Gasteiger charge is 2.17. The van der Waals surface area contributed by atoms with Crippen LogP contribution in [0.1, 0.15) is 51.5 Å². The minimum Gasteiger partial charge on any atom is -0.508 e. The maximum absolute atomic E-state index is 10.2. The number of aliphatic hydroxyl groups is 1. The number of rotatable bonds is 11. The van der Waals surface area contributed by atoms with E-state index >= 15 is 0 Å². The third kappa shape index (κ3) is 11.6. The topological polar surface area (TPSA) is 96.9 Å². The van der Waals surface area contributed by atoms with Gasteiger partial charge in [0.05, 0.1) is 6.61 Å². The molecule has 0 bridgehead atoms. The Bertz CT molecular complexity index is 782. The lowest BCUT2D eigenvalue weighted by atomic mass is 10.0. The van der Waals surface area contributed by atoms with Crippen LogP contribution in [0.5, 0.6) is 5.75 Å². The van der Waals surface area contributed by atoms with Crippen molar-refractivity contribution in [2.75, 3.05) is 32.5 Å². The number of carbonyl (C=O) groups is 1. The van der Waals surface area contributed by atoms with Crippen molar-refractivity contribution in [3.05, 3.63) is 59.5 Å². The van der Waals surface area contributed by atoms with E-state index in [1.54, 1.807) is 12.1 Å². The zero-order valence-electron chi connectivity index (χ0n) is 20.6. The summed E-state index contributed by atoms with van der Waals surface area (Å²) in [5.74, 6) is 0.158. The molecular weight excluding hydrogens is 416 g/mol. The SMILES string of the molecule is CC/C(=C\C/C=C\NC)C/C=C(\C)NC=O.CN1CCC(Nc2cccc(O)c2CO)CC1. The second-order valence-electron chi connectivity index (χ2n) is 8.18. The summed E-state index contributed by atoms with van der Waals surface area (Å²) in [6.45, 7) is 6.07. The van der Waals surface area contributed by atoms with Gasteiger partial charge in [0.15, 0.2) is 0 Å². The fraction of sp³-hybridized carbons (Fsp3) is 0.500. The summed E-state index contributed by atoms with van der Waals surface area (Å²) in [6, 6.07) is 5.74. The number of hydrogen-bond acceptors (Lipinski definition) is 6. The van der Waals surface area contributed by atoms with E-state index in [0.29, 0.717) is 18.0 Å². The Morgan fingerprint density at radius 3 is 2.58 bits per heavy atom. The van der Waals surface area contributed by atoms with E-state index in [4.69, 9.17) is 0 Å². The third-order valence-corrected chi connectivity index (χ3v) is 5.63. The number of benzene rings is 1. The summed E-state index contributed by atoms with van der Waals surface area (Å²) >= 11 is 0. The molecule has 1 fully saturated rings. The molecule has 5 N–H and O–H groups in total. The molecule has 7 heteroatoms. The fourth-order valence-corrected chi connectivity index (χ4v) is 3.48. The number of nitrogens with zero attached hydrogens (tertiary/aromatic N) is 1. The molecule has 0 spiro atoms. The molecule has 0 aliphatic carbocycles. The largest absolute Gasteiger partial charge is 0.508 e. The Morgan fingerprint density at radius 2 is 1.97 bits per heavy atom. The Balaban J connectivity index is 0.000000331. The smallest absolute Gasteiger partial charge is 0.211 e. The van der Waals surface area contributed by atoms with Gasteiger partial charge in [0.2, 0.25) is 6.41 Å². The minimum atomic E-state index is -0.137. The maximum Gasteiger partial charge on any atom is 0.211 e. The normalized spacial score (nSPS) is 15.7. The molecule has 0 radical (unpaired) electrons. The van der Waals surface area contributed by atoms with E-state index in [0.717, 1.165) is 56.6 Å². The van der Waals surface area contributed by atoms with Crippen LogP contribution in [-0.4, -0.2) is 54.7 Å². The first-order valence-corrected chi connectivity index (χ1v) is 11.7. The summed E-state index contributed by atoms with van der Waals surface area (Å²) < 4.78 is 0. The van der Waals surface area contributed by atoms with E-state index in [1.807, 2.05) is 32.3 Å². The van der Waals surface area contributed by atoms with Gasteiger partial charge >= 0.3 is 0 Å². The quantitative estimate of drug-likeness (QED) is 0.255. The van der Waals surface area contributed by atoms with Crippen molar-refractivity contribution >= 4 is 12.1 Å². The van der Waals surface area contributed by atoms with Crippen molar-refractivity contribution < 1.29 is 15.0 Å². The highest BCUT2D eigenvalue weighted by Crippen LogP contribution is 2.27. The number of piperidine rings is 1. The van der Waals surface area contributed by atoms with Crippen LogP contribution < -0.4 is 16.0 Å². The lowest BCUT2D eigenvalue weighted by Gasteiger charge is -2.30. The first-order valence-electron chi connectivity index (χ1n) is 11.7.